The number of hydrogen-bond acceptors (Lipinski definition) is 4. The first-order valence-electron chi connectivity index (χ1n) is 6.00. The molecule has 0 spiro atoms. The summed E-state index contributed by atoms with van der Waals surface area (Å²) in [5.41, 5.74) is 1.60. The molecule has 0 saturated heterocycles. The fraction of sp³-hybridized carbons (Fsp3) is 0.385. The first-order valence-corrected chi connectivity index (χ1v) is 6.00. The van der Waals surface area contributed by atoms with Gasteiger partial charge in [0.25, 0.3) is 0 Å². The Kier molecular flexibility index (Phi) is 4.04. The first-order chi connectivity index (χ1) is 8.70. The van der Waals surface area contributed by atoms with Crippen LogP contribution >= 0.6 is 0 Å². The maximum atomic E-state index is 13.0. The number of aromatic nitrogens is 2. The zero-order chi connectivity index (χ0) is 13.0. The number of nitrogens with one attached hydrogen (secondary N) is 1. The minimum absolute atomic E-state index is 0.257. The second-order valence-corrected chi connectivity index (χ2v) is 4.07. The normalized spacial score (nSPS) is 10.8. The maximum Gasteiger partial charge on any atom is 0.228 e. The quantitative estimate of drug-likeness (QED) is 0.826. The van der Waals surface area contributed by atoms with Crippen molar-refractivity contribution in [3.63, 3.8) is 0 Å². The number of nitrogens with zero attached hydrogens (tertiary/aromatic N) is 2. The Morgan fingerprint density at radius 2 is 2.22 bits per heavy atom. The van der Waals surface area contributed by atoms with Crippen LogP contribution in [0.5, 0.6) is 0 Å². The SMILES string of the molecule is CCNCCc1nc(-c2ccc(F)cc2C)no1. The van der Waals surface area contributed by atoms with Gasteiger partial charge in [-0.3, -0.25) is 0 Å². The summed E-state index contributed by atoms with van der Waals surface area (Å²) in [5.74, 6) is 0.848. The smallest absolute Gasteiger partial charge is 0.228 e. The van der Waals surface area contributed by atoms with Gasteiger partial charge in [0.1, 0.15) is 5.82 Å². The number of rotatable bonds is 5. The Balaban J connectivity index is 2.13. The molecule has 1 aromatic heterocycles. The molecule has 0 bridgehead atoms. The molecular formula is C13H16FN3O. The predicted octanol–water partition coefficient (Wildman–Crippen LogP) is 2.34. The Hall–Kier alpha value is -1.75. The summed E-state index contributed by atoms with van der Waals surface area (Å²) in [6.45, 7) is 5.59. The van der Waals surface area contributed by atoms with Crippen molar-refractivity contribution in [2.75, 3.05) is 13.1 Å². The number of likely N-dealkylation sites (N-methyl/N-ethyl adjacent to an activating group) is 1. The minimum Gasteiger partial charge on any atom is -0.339 e. The molecule has 1 aromatic carbocycles. The summed E-state index contributed by atoms with van der Waals surface area (Å²) in [6, 6.07) is 4.53. The molecule has 0 fully saturated rings. The van der Waals surface area contributed by atoms with E-state index in [-0.39, 0.29) is 5.82 Å². The lowest BCUT2D eigenvalue weighted by Crippen LogP contribution is -2.16. The molecule has 1 N–H and O–H groups in total. The van der Waals surface area contributed by atoms with Crippen LogP contribution in [-0.2, 0) is 6.42 Å². The predicted molar refractivity (Wildman–Crippen MR) is 66.7 cm³/mol. The van der Waals surface area contributed by atoms with Crippen LogP contribution in [0.3, 0.4) is 0 Å². The minimum atomic E-state index is -0.257. The standard InChI is InChI=1S/C13H16FN3O/c1-3-15-7-6-12-16-13(17-18-12)11-5-4-10(14)8-9(11)2/h4-5,8,15H,3,6-7H2,1-2H3. The highest BCUT2D eigenvalue weighted by atomic mass is 19.1. The molecule has 0 aliphatic carbocycles. The van der Waals surface area contributed by atoms with Crippen molar-refractivity contribution < 1.29 is 8.91 Å². The van der Waals surface area contributed by atoms with E-state index in [1.165, 1.54) is 12.1 Å². The second kappa shape index (κ2) is 5.73. The van der Waals surface area contributed by atoms with E-state index in [0.717, 1.165) is 24.2 Å². The van der Waals surface area contributed by atoms with Crippen LogP contribution in [0.1, 0.15) is 18.4 Å². The lowest BCUT2D eigenvalue weighted by molar-refractivity contribution is 0.377. The summed E-state index contributed by atoms with van der Waals surface area (Å²) in [6.07, 6.45) is 0.696. The van der Waals surface area contributed by atoms with Crippen LogP contribution in [0.15, 0.2) is 22.7 Å². The number of hydrogen-bond donors (Lipinski definition) is 1. The van der Waals surface area contributed by atoms with Crippen molar-refractivity contribution in [2.45, 2.75) is 20.3 Å². The summed E-state index contributed by atoms with van der Waals surface area (Å²) in [4.78, 5) is 4.30. The lowest BCUT2D eigenvalue weighted by Gasteiger charge is -1.99. The fourth-order valence-corrected chi connectivity index (χ4v) is 1.72. The summed E-state index contributed by atoms with van der Waals surface area (Å²) in [7, 11) is 0. The first kappa shape index (κ1) is 12.7. The molecule has 0 amide bonds. The van der Waals surface area contributed by atoms with Gasteiger partial charge in [-0.2, -0.15) is 4.98 Å². The van der Waals surface area contributed by atoms with Gasteiger partial charge in [-0.15, -0.1) is 0 Å². The lowest BCUT2D eigenvalue weighted by atomic mass is 10.1. The third-order valence-electron chi connectivity index (χ3n) is 2.66. The molecule has 0 atom stereocenters. The van der Waals surface area contributed by atoms with E-state index < -0.39 is 0 Å². The average molecular weight is 249 g/mol. The van der Waals surface area contributed by atoms with Gasteiger partial charge in [-0.25, -0.2) is 4.39 Å². The molecule has 5 heteroatoms. The number of aryl methyl sites for hydroxylation is 1. The van der Waals surface area contributed by atoms with Crippen LogP contribution in [0.25, 0.3) is 11.4 Å². The van der Waals surface area contributed by atoms with Crippen LogP contribution in [0, 0.1) is 12.7 Å². The van der Waals surface area contributed by atoms with Crippen molar-refractivity contribution in [1.29, 1.82) is 0 Å². The molecule has 0 aliphatic rings. The van der Waals surface area contributed by atoms with Crippen molar-refractivity contribution in [2.24, 2.45) is 0 Å². The van der Waals surface area contributed by atoms with E-state index in [4.69, 9.17) is 4.52 Å². The Morgan fingerprint density at radius 3 is 2.94 bits per heavy atom. The summed E-state index contributed by atoms with van der Waals surface area (Å²) < 4.78 is 18.2. The van der Waals surface area contributed by atoms with Gasteiger partial charge in [-0.05, 0) is 37.2 Å². The van der Waals surface area contributed by atoms with E-state index in [1.807, 2.05) is 13.8 Å². The van der Waals surface area contributed by atoms with Crippen LogP contribution < -0.4 is 5.32 Å². The van der Waals surface area contributed by atoms with Gasteiger partial charge in [0.05, 0.1) is 0 Å². The van der Waals surface area contributed by atoms with E-state index >= 15 is 0 Å². The van der Waals surface area contributed by atoms with Crippen LogP contribution in [0.4, 0.5) is 4.39 Å². The van der Waals surface area contributed by atoms with Gasteiger partial charge in [0.15, 0.2) is 0 Å². The van der Waals surface area contributed by atoms with E-state index in [0.29, 0.717) is 18.1 Å². The largest absolute Gasteiger partial charge is 0.339 e. The highest BCUT2D eigenvalue weighted by Gasteiger charge is 2.10. The molecule has 96 valence electrons. The monoisotopic (exact) mass is 249 g/mol. The third-order valence-corrected chi connectivity index (χ3v) is 2.66. The van der Waals surface area contributed by atoms with Gasteiger partial charge >= 0.3 is 0 Å². The van der Waals surface area contributed by atoms with Crippen molar-refractivity contribution in [3.05, 3.63) is 35.5 Å². The molecule has 0 saturated carbocycles. The van der Waals surface area contributed by atoms with Gasteiger partial charge in [0, 0.05) is 18.5 Å². The van der Waals surface area contributed by atoms with Crippen LogP contribution in [0.2, 0.25) is 0 Å². The number of benzene rings is 1. The van der Waals surface area contributed by atoms with Crippen molar-refractivity contribution >= 4 is 0 Å². The van der Waals surface area contributed by atoms with Gasteiger partial charge in [-0.1, -0.05) is 12.1 Å². The van der Waals surface area contributed by atoms with E-state index in [1.54, 1.807) is 6.07 Å². The van der Waals surface area contributed by atoms with Crippen molar-refractivity contribution in [1.82, 2.24) is 15.5 Å². The highest BCUT2D eigenvalue weighted by Crippen LogP contribution is 2.21. The van der Waals surface area contributed by atoms with E-state index in [9.17, 15) is 4.39 Å². The molecule has 2 aromatic rings. The topological polar surface area (TPSA) is 51.0 Å². The third kappa shape index (κ3) is 2.92. The Bertz CT molecular complexity index is 525. The highest BCUT2D eigenvalue weighted by molar-refractivity contribution is 5.59. The summed E-state index contributed by atoms with van der Waals surface area (Å²) in [5, 5.41) is 7.11. The molecule has 0 unspecified atom stereocenters. The van der Waals surface area contributed by atoms with Crippen molar-refractivity contribution in [3.8, 4) is 11.4 Å². The maximum absolute atomic E-state index is 13.0. The fourth-order valence-electron chi connectivity index (χ4n) is 1.72. The average Bonchev–Trinajstić information content (AvgIpc) is 2.78. The molecule has 18 heavy (non-hydrogen) atoms. The molecular weight excluding hydrogens is 233 g/mol. The molecule has 0 radical (unpaired) electrons. The van der Waals surface area contributed by atoms with Crippen LogP contribution in [-0.4, -0.2) is 23.2 Å². The molecule has 2 rings (SSSR count). The Labute approximate surface area is 105 Å². The Morgan fingerprint density at radius 1 is 1.39 bits per heavy atom. The van der Waals surface area contributed by atoms with Gasteiger partial charge < -0.3 is 9.84 Å². The van der Waals surface area contributed by atoms with E-state index in [2.05, 4.69) is 15.5 Å². The second-order valence-electron chi connectivity index (χ2n) is 4.07. The summed E-state index contributed by atoms with van der Waals surface area (Å²) >= 11 is 0. The zero-order valence-corrected chi connectivity index (χ0v) is 10.5. The molecule has 4 nitrogen and oxygen atoms in total. The van der Waals surface area contributed by atoms with Gasteiger partial charge in [0.2, 0.25) is 11.7 Å². The zero-order valence-electron chi connectivity index (χ0n) is 10.5. The number of halogens is 1. The molecule has 1 heterocycles. The molecule has 0 aliphatic heterocycles.